The lowest BCUT2D eigenvalue weighted by atomic mass is 10.1. The number of aliphatic carboxylic acids is 1. The van der Waals surface area contributed by atoms with Gasteiger partial charge in [0, 0.05) is 6.07 Å². The average molecular weight is 333 g/mol. The van der Waals surface area contributed by atoms with Gasteiger partial charge < -0.3 is 14.3 Å². The van der Waals surface area contributed by atoms with E-state index in [0.717, 1.165) is 19.6 Å². The van der Waals surface area contributed by atoms with Crippen LogP contribution in [0.2, 0.25) is 0 Å². The number of hydrogen-bond donors (Lipinski definition) is 2. The molecule has 0 spiro atoms. The van der Waals surface area contributed by atoms with E-state index in [1.54, 1.807) is 0 Å². The smallest absolute Gasteiger partial charge is 0.373 e. The Morgan fingerprint density at radius 1 is 1.45 bits per heavy atom. The number of carboxylic acid groups (broad SMARTS) is 1. The predicted octanol–water partition coefficient (Wildman–Crippen LogP) is 1.30. The SMILES string of the molecule is CCCC[C@H](NS(=O)(=O)c1cc(C(=O)OC)oc1C)C(=O)O. The number of carbonyl (C=O) groups excluding carboxylic acids is 1. The molecule has 0 amide bonds. The average Bonchev–Trinajstić information content (AvgIpc) is 2.85. The van der Waals surface area contributed by atoms with Gasteiger partial charge in [-0.05, 0) is 13.3 Å². The quantitative estimate of drug-likeness (QED) is 0.687. The maximum Gasteiger partial charge on any atom is 0.373 e. The lowest BCUT2D eigenvalue weighted by Gasteiger charge is -2.13. The summed E-state index contributed by atoms with van der Waals surface area (Å²) in [7, 11) is -2.98. The van der Waals surface area contributed by atoms with Crippen LogP contribution in [-0.2, 0) is 19.6 Å². The highest BCUT2D eigenvalue weighted by molar-refractivity contribution is 7.89. The van der Waals surface area contributed by atoms with E-state index in [1.807, 2.05) is 6.92 Å². The summed E-state index contributed by atoms with van der Waals surface area (Å²) < 4.78 is 36.1. The molecule has 124 valence electrons. The molecular formula is C13H19NO7S. The molecule has 0 unspecified atom stereocenters. The third-order valence-electron chi connectivity index (χ3n) is 2.99. The van der Waals surface area contributed by atoms with E-state index < -0.39 is 28.0 Å². The van der Waals surface area contributed by atoms with Crippen molar-refractivity contribution in [3.63, 3.8) is 0 Å². The largest absolute Gasteiger partial charge is 0.480 e. The maximum absolute atomic E-state index is 12.3. The minimum Gasteiger partial charge on any atom is -0.480 e. The predicted molar refractivity (Wildman–Crippen MR) is 76.1 cm³/mol. The molecule has 0 aliphatic rings. The second kappa shape index (κ2) is 7.41. The summed E-state index contributed by atoms with van der Waals surface area (Å²) in [6.07, 6.45) is 1.48. The van der Waals surface area contributed by atoms with Crippen LogP contribution in [-0.4, -0.2) is 38.6 Å². The molecular weight excluding hydrogens is 314 g/mol. The van der Waals surface area contributed by atoms with Gasteiger partial charge in [0.15, 0.2) is 0 Å². The first-order chi connectivity index (χ1) is 10.2. The lowest BCUT2D eigenvalue weighted by molar-refractivity contribution is -0.139. The second-order valence-electron chi connectivity index (χ2n) is 4.68. The lowest BCUT2D eigenvalue weighted by Crippen LogP contribution is -2.40. The number of aryl methyl sites for hydroxylation is 1. The molecule has 0 saturated carbocycles. The third kappa shape index (κ3) is 4.31. The van der Waals surface area contributed by atoms with Crippen LogP contribution in [0.1, 0.15) is 42.5 Å². The van der Waals surface area contributed by atoms with Crippen molar-refractivity contribution >= 4 is 22.0 Å². The minimum atomic E-state index is -4.12. The van der Waals surface area contributed by atoms with Crippen LogP contribution in [0.15, 0.2) is 15.4 Å². The summed E-state index contributed by atoms with van der Waals surface area (Å²) in [5, 5.41) is 9.09. The number of esters is 1. The minimum absolute atomic E-state index is 0.0208. The third-order valence-corrected chi connectivity index (χ3v) is 4.57. The number of nitrogens with one attached hydrogen (secondary N) is 1. The Morgan fingerprint density at radius 2 is 2.09 bits per heavy atom. The zero-order valence-corrected chi connectivity index (χ0v) is 13.4. The van der Waals surface area contributed by atoms with E-state index in [0.29, 0.717) is 6.42 Å². The van der Waals surface area contributed by atoms with Crippen molar-refractivity contribution in [3.8, 4) is 0 Å². The fourth-order valence-corrected chi connectivity index (χ4v) is 3.23. The molecule has 0 bridgehead atoms. The Balaban J connectivity index is 3.05. The standard InChI is InChI=1S/C13H19NO7S/c1-4-5-6-9(12(15)16)14-22(18,19)11-7-10(13(17)20-3)21-8(11)2/h7,9,14H,4-6H2,1-3H3,(H,15,16)/t9-/m0/s1. The van der Waals surface area contributed by atoms with Crippen LogP contribution in [0.25, 0.3) is 0 Å². The van der Waals surface area contributed by atoms with Crippen molar-refractivity contribution < 1.29 is 32.3 Å². The highest BCUT2D eigenvalue weighted by atomic mass is 32.2. The number of carbonyl (C=O) groups is 2. The van der Waals surface area contributed by atoms with E-state index in [2.05, 4.69) is 9.46 Å². The van der Waals surface area contributed by atoms with Crippen molar-refractivity contribution in [1.29, 1.82) is 0 Å². The second-order valence-corrected chi connectivity index (χ2v) is 6.36. The molecule has 1 aromatic rings. The van der Waals surface area contributed by atoms with Crippen LogP contribution in [0.3, 0.4) is 0 Å². The summed E-state index contributed by atoms with van der Waals surface area (Å²) >= 11 is 0. The van der Waals surface area contributed by atoms with Crippen molar-refractivity contribution in [2.24, 2.45) is 0 Å². The molecule has 0 aromatic carbocycles. The van der Waals surface area contributed by atoms with Crippen LogP contribution in [0.5, 0.6) is 0 Å². The topological polar surface area (TPSA) is 123 Å². The number of carboxylic acids is 1. The fraction of sp³-hybridized carbons (Fsp3) is 0.538. The number of sulfonamides is 1. The van der Waals surface area contributed by atoms with Gasteiger partial charge in [-0.3, -0.25) is 4.79 Å². The molecule has 0 radical (unpaired) electrons. The molecule has 0 aliphatic heterocycles. The van der Waals surface area contributed by atoms with Gasteiger partial charge >= 0.3 is 11.9 Å². The monoisotopic (exact) mass is 333 g/mol. The van der Waals surface area contributed by atoms with E-state index in [9.17, 15) is 18.0 Å². The number of hydrogen-bond acceptors (Lipinski definition) is 6. The zero-order valence-electron chi connectivity index (χ0n) is 12.6. The molecule has 0 aliphatic carbocycles. The summed E-state index contributed by atoms with van der Waals surface area (Å²) in [5.74, 6) is -2.36. The van der Waals surface area contributed by atoms with Crippen LogP contribution in [0.4, 0.5) is 0 Å². The summed E-state index contributed by atoms with van der Waals surface area (Å²) in [5.41, 5.74) is 0. The van der Waals surface area contributed by atoms with Crippen LogP contribution < -0.4 is 4.72 Å². The normalized spacial score (nSPS) is 12.9. The molecule has 1 heterocycles. The molecule has 0 fully saturated rings. The number of furan rings is 1. The Labute approximate surface area is 128 Å². The maximum atomic E-state index is 12.3. The van der Waals surface area contributed by atoms with Crippen molar-refractivity contribution in [2.45, 2.75) is 44.0 Å². The Kier molecular flexibility index (Phi) is 6.12. The highest BCUT2D eigenvalue weighted by Gasteiger charge is 2.29. The molecule has 2 N–H and O–H groups in total. The Morgan fingerprint density at radius 3 is 2.59 bits per heavy atom. The van der Waals surface area contributed by atoms with Crippen molar-refractivity contribution in [1.82, 2.24) is 4.72 Å². The van der Waals surface area contributed by atoms with Gasteiger partial charge in [0.1, 0.15) is 16.7 Å². The van der Waals surface area contributed by atoms with Gasteiger partial charge in [-0.25, -0.2) is 13.2 Å². The van der Waals surface area contributed by atoms with Gasteiger partial charge in [0.05, 0.1) is 7.11 Å². The molecule has 1 atom stereocenters. The molecule has 8 nitrogen and oxygen atoms in total. The number of methoxy groups -OCH3 is 1. The van der Waals surface area contributed by atoms with Crippen molar-refractivity contribution in [3.05, 3.63) is 17.6 Å². The number of ether oxygens (including phenoxy) is 1. The highest BCUT2D eigenvalue weighted by Crippen LogP contribution is 2.21. The Bertz CT molecular complexity index is 647. The van der Waals surface area contributed by atoms with Gasteiger partial charge in [-0.15, -0.1) is 0 Å². The van der Waals surface area contributed by atoms with E-state index >= 15 is 0 Å². The zero-order chi connectivity index (χ0) is 16.9. The fourth-order valence-electron chi connectivity index (χ4n) is 1.83. The summed E-state index contributed by atoms with van der Waals surface area (Å²) in [4.78, 5) is 22.2. The molecule has 9 heteroatoms. The first kappa shape index (κ1) is 18.2. The molecule has 0 saturated heterocycles. The Hall–Kier alpha value is -1.87. The van der Waals surface area contributed by atoms with Gasteiger partial charge in [-0.2, -0.15) is 4.72 Å². The summed E-state index contributed by atoms with van der Waals surface area (Å²) in [6.45, 7) is 3.24. The van der Waals surface area contributed by atoms with Gasteiger partial charge in [-0.1, -0.05) is 19.8 Å². The van der Waals surface area contributed by atoms with Crippen LogP contribution >= 0.6 is 0 Å². The van der Waals surface area contributed by atoms with E-state index in [1.165, 1.54) is 6.92 Å². The number of rotatable bonds is 8. The van der Waals surface area contributed by atoms with E-state index in [4.69, 9.17) is 9.52 Å². The number of unbranched alkanes of at least 4 members (excludes halogenated alkanes) is 1. The van der Waals surface area contributed by atoms with Gasteiger partial charge in [0.2, 0.25) is 15.8 Å². The van der Waals surface area contributed by atoms with Crippen molar-refractivity contribution in [2.75, 3.05) is 7.11 Å². The molecule has 1 rings (SSSR count). The first-order valence-electron chi connectivity index (χ1n) is 6.66. The van der Waals surface area contributed by atoms with E-state index in [-0.39, 0.29) is 22.8 Å². The first-order valence-corrected chi connectivity index (χ1v) is 8.15. The molecule has 22 heavy (non-hydrogen) atoms. The van der Waals surface area contributed by atoms with Crippen LogP contribution in [0, 0.1) is 6.92 Å². The summed E-state index contributed by atoms with van der Waals surface area (Å²) in [6, 6.07) is -0.219. The molecule has 1 aromatic heterocycles. The van der Waals surface area contributed by atoms with Gasteiger partial charge in [0.25, 0.3) is 0 Å².